The number of hydrogen-bond donors (Lipinski definition) is 1. The van der Waals surface area contributed by atoms with Crippen molar-refractivity contribution in [2.45, 2.75) is 20.8 Å². The standard InChI is InChI=1S/C14H14BrNO4/c1-6-7(2)13(19-4)11(8(3)12(6)15)9-5-10(14(17)18)20-16-9/h5H,1-4H3,(H,17,18). The molecule has 1 aromatic carbocycles. The van der Waals surface area contributed by atoms with E-state index < -0.39 is 5.97 Å². The summed E-state index contributed by atoms with van der Waals surface area (Å²) in [6.45, 7) is 5.85. The number of halogens is 1. The van der Waals surface area contributed by atoms with Gasteiger partial charge in [-0.25, -0.2) is 4.79 Å². The van der Waals surface area contributed by atoms with E-state index in [1.807, 2.05) is 20.8 Å². The molecule has 0 amide bonds. The Kier molecular flexibility index (Phi) is 3.85. The Morgan fingerprint density at radius 1 is 1.30 bits per heavy atom. The van der Waals surface area contributed by atoms with Gasteiger partial charge in [0.05, 0.1) is 12.7 Å². The largest absolute Gasteiger partial charge is 0.496 e. The average Bonchev–Trinajstić information content (AvgIpc) is 2.89. The summed E-state index contributed by atoms with van der Waals surface area (Å²) in [6.07, 6.45) is 0. The van der Waals surface area contributed by atoms with Gasteiger partial charge < -0.3 is 14.4 Å². The maximum atomic E-state index is 10.9. The first-order chi connectivity index (χ1) is 9.38. The predicted molar refractivity (Wildman–Crippen MR) is 77.4 cm³/mol. The fourth-order valence-electron chi connectivity index (χ4n) is 2.14. The summed E-state index contributed by atoms with van der Waals surface area (Å²) in [6, 6.07) is 1.40. The number of hydrogen-bond acceptors (Lipinski definition) is 4. The van der Waals surface area contributed by atoms with Crippen LogP contribution in [0.3, 0.4) is 0 Å². The number of aromatic carboxylic acids is 1. The van der Waals surface area contributed by atoms with E-state index in [4.69, 9.17) is 14.4 Å². The summed E-state index contributed by atoms with van der Waals surface area (Å²) < 4.78 is 11.2. The molecule has 0 aliphatic carbocycles. The molecule has 6 heteroatoms. The summed E-state index contributed by atoms with van der Waals surface area (Å²) in [5.74, 6) is -0.674. The summed E-state index contributed by atoms with van der Waals surface area (Å²) in [4.78, 5) is 10.9. The second kappa shape index (κ2) is 5.28. The van der Waals surface area contributed by atoms with Crippen LogP contribution in [-0.4, -0.2) is 23.3 Å². The van der Waals surface area contributed by atoms with Gasteiger partial charge in [0.2, 0.25) is 5.76 Å². The number of carboxylic acid groups (broad SMARTS) is 1. The molecule has 0 aliphatic heterocycles. The van der Waals surface area contributed by atoms with E-state index in [0.29, 0.717) is 11.4 Å². The fourth-order valence-corrected chi connectivity index (χ4v) is 2.64. The molecule has 0 fully saturated rings. The number of rotatable bonds is 3. The highest BCUT2D eigenvalue weighted by molar-refractivity contribution is 9.10. The third-order valence-electron chi connectivity index (χ3n) is 3.34. The molecule has 106 valence electrons. The fraction of sp³-hybridized carbons (Fsp3) is 0.286. The highest BCUT2D eigenvalue weighted by Crippen LogP contribution is 2.41. The van der Waals surface area contributed by atoms with Crippen LogP contribution in [0.15, 0.2) is 15.1 Å². The minimum Gasteiger partial charge on any atom is -0.496 e. The predicted octanol–water partition coefficient (Wildman–Crippen LogP) is 3.74. The van der Waals surface area contributed by atoms with E-state index in [-0.39, 0.29) is 5.76 Å². The highest BCUT2D eigenvalue weighted by atomic mass is 79.9. The number of carbonyl (C=O) groups is 1. The molecule has 0 unspecified atom stereocenters. The number of methoxy groups -OCH3 is 1. The van der Waals surface area contributed by atoms with Gasteiger partial charge >= 0.3 is 5.97 Å². The van der Waals surface area contributed by atoms with Gasteiger partial charge in [-0.05, 0) is 37.5 Å². The topological polar surface area (TPSA) is 72.6 Å². The number of nitrogens with zero attached hydrogens (tertiary/aromatic N) is 1. The molecule has 2 aromatic rings. The minimum atomic E-state index is -1.15. The van der Waals surface area contributed by atoms with E-state index in [0.717, 1.165) is 26.7 Å². The van der Waals surface area contributed by atoms with Crippen LogP contribution in [0.2, 0.25) is 0 Å². The molecule has 0 spiro atoms. The molecule has 0 atom stereocenters. The lowest BCUT2D eigenvalue weighted by Gasteiger charge is -2.17. The Balaban J connectivity index is 2.75. The van der Waals surface area contributed by atoms with Crippen LogP contribution < -0.4 is 4.74 Å². The van der Waals surface area contributed by atoms with Gasteiger partial charge in [-0.15, -0.1) is 0 Å². The zero-order valence-corrected chi connectivity index (χ0v) is 13.2. The van der Waals surface area contributed by atoms with Crippen molar-refractivity contribution < 1.29 is 19.2 Å². The molecule has 0 saturated heterocycles. The molecule has 0 saturated carbocycles. The quantitative estimate of drug-likeness (QED) is 0.922. The van der Waals surface area contributed by atoms with Gasteiger partial charge in [-0.1, -0.05) is 21.1 Å². The van der Waals surface area contributed by atoms with Gasteiger partial charge in [-0.2, -0.15) is 0 Å². The van der Waals surface area contributed by atoms with Gasteiger partial charge in [0.15, 0.2) is 0 Å². The van der Waals surface area contributed by atoms with Crippen molar-refractivity contribution in [1.29, 1.82) is 0 Å². The summed E-state index contributed by atoms with van der Waals surface area (Å²) in [5.41, 5.74) is 4.15. The van der Waals surface area contributed by atoms with E-state index in [1.165, 1.54) is 6.07 Å². The Labute approximate surface area is 124 Å². The van der Waals surface area contributed by atoms with Crippen molar-refractivity contribution >= 4 is 21.9 Å². The van der Waals surface area contributed by atoms with E-state index >= 15 is 0 Å². The van der Waals surface area contributed by atoms with Gasteiger partial charge in [-0.3, -0.25) is 0 Å². The van der Waals surface area contributed by atoms with Crippen molar-refractivity contribution in [3.8, 4) is 17.0 Å². The van der Waals surface area contributed by atoms with Gasteiger partial charge in [0.25, 0.3) is 0 Å². The smallest absolute Gasteiger partial charge is 0.374 e. The lowest BCUT2D eigenvalue weighted by molar-refractivity contribution is 0.0652. The molecule has 0 radical (unpaired) electrons. The maximum absolute atomic E-state index is 10.9. The number of carboxylic acids is 1. The molecule has 0 bridgehead atoms. The van der Waals surface area contributed by atoms with Gasteiger partial charge in [0.1, 0.15) is 11.4 Å². The Hall–Kier alpha value is -1.82. The van der Waals surface area contributed by atoms with Crippen LogP contribution in [0.25, 0.3) is 11.3 Å². The van der Waals surface area contributed by atoms with E-state index in [1.54, 1.807) is 7.11 Å². The molecular weight excluding hydrogens is 326 g/mol. The van der Waals surface area contributed by atoms with Crippen LogP contribution >= 0.6 is 15.9 Å². The number of aromatic nitrogens is 1. The molecule has 1 N–H and O–H groups in total. The summed E-state index contributed by atoms with van der Waals surface area (Å²) in [7, 11) is 1.58. The molecule has 1 heterocycles. The third-order valence-corrected chi connectivity index (χ3v) is 4.53. The second-order valence-electron chi connectivity index (χ2n) is 4.48. The molecule has 0 aliphatic rings. The van der Waals surface area contributed by atoms with Crippen molar-refractivity contribution in [3.63, 3.8) is 0 Å². The van der Waals surface area contributed by atoms with Gasteiger partial charge in [0, 0.05) is 10.5 Å². The van der Waals surface area contributed by atoms with Crippen LogP contribution in [0, 0.1) is 20.8 Å². The van der Waals surface area contributed by atoms with E-state index in [9.17, 15) is 4.79 Å². The molecule has 20 heavy (non-hydrogen) atoms. The zero-order chi connectivity index (χ0) is 15.0. The van der Waals surface area contributed by atoms with E-state index in [2.05, 4.69) is 21.1 Å². The molecule has 2 rings (SSSR count). The van der Waals surface area contributed by atoms with Crippen LogP contribution in [0.5, 0.6) is 5.75 Å². The summed E-state index contributed by atoms with van der Waals surface area (Å²) >= 11 is 3.55. The lowest BCUT2D eigenvalue weighted by Crippen LogP contribution is -1.99. The van der Waals surface area contributed by atoms with Crippen molar-refractivity contribution in [2.75, 3.05) is 7.11 Å². The van der Waals surface area contributed by atoms with Crippen molar-refractivity contribution in [1.82, 2.24) is 5.16 Å². The lowest BCUT2D eigenvalue weighted by atomic mass is 9.97. The first-order valence-corrected chi connectivity index (χ1v) is 6.71. The summed E-state index contributed by atoms with van der Waals surface area (Å²) in [5, 5.41) is 12.8. The zero-order valence-electron chi connectivity index (χ0n) is 11.6. The molecule has 1 aromatic heterocycles. The Morgan fingerprint density at radius 3 is 2.45 bits per heavy atom. The normalized spacial score (nSPS) is 10.7. The Morgan fingerprint density at radius 2 is 1.95 bits per heavy atom. The minimum absolute atomic E-state index is 0.198. The van der Waals surface area contributed by atoms with Crippen molar-refractivity contribution in [3.05, 3.63) is 33.0 Å². The first kappa shape index (κ1) is 14.6. The van der Waals surface area contributed by atoms with Crippen LogP contribution in [0.1, 0.15) is 27.2 Å². The SMILES string of the molecule is COc1c(C)c(C)c(Br)c(C)c1-c1cc(C(=O)O)on1. The molecule has 5 nitrogen and oxygen atoms in total. The van der Waals surface area contributed by atoms with Crippen LogP contribution in [0.4, 0.5) is 0 Å². The molecular formula is C14H14BrNO4. The van der Waals surface area contributed by atoms with Crippen molar-refractivity contribution in [2.24, 2.45) is 0 Å². The second-order valence-corrected chi connectivity index (χ2v) is 5.27. The highest BCUT2D eigenvalue weighted by Gasteiger charge is 2.22. The average molecular weight is 340 g/mol. The number of ether oxygens (including phenoxy) is 1. The number of benzene rings is 1. The third kappa shape index (κ3) is 2.20. The first-order valence-electron chi connectivity index (χ1n) is 5.92. The maximum Gasteiger partial charge on any atom is 0.374 e. The monoisotopic (exact) mass is 339 g/mol. The van der Waals surface area contributed by atoms with Crippen LogP contribution in [-0.2, 0) is 0 Å². The Bertz CT molecular complexity index is 691.